The van der Waals surface area contributed by atoms with Crippen LogP contribution in [0.1, 0.15) is 20.3 Å². The van der Waals surface area contributed by atoms with Crippen LogP contribution in [-0.4, -0.2) is 32.4 Å². The molecule has 0 aliphatic carbocycles. The summed E-state index contributed by atoms with van der Waals surface area (Å²) in [5.41, 5.74) is 0.521. The third-order valence-corrected chi connectivity index (χ3v) is 3.94. The molecule has 0 aromatic heterocycles. The third-order valence-electron chi connectivity index (χ3n) is 3.01. The molecular formula is C12H19N3O3S. The summed E-state index contributed by atoms with van der Waals surface area (Å²) in [5.74, 6) is 0. The summed E-state index contributed by atoms with van der Waals surface area (Å²) in [5, 5.41) is 7.68. The number of nitrogens with one attached hydrogen (secondary N) is 1. The topological polar surface area (TPSA) is 92.5 Å². The molecular weight excluding hydrogens is 266 g/mol. The van der Waals surface area contributed by atoms with E-state index in [1.165, 1.54) is 24.3 Å². The van der Waals surface area contributed by atoms with Crippen LogP contribution in [0.2, 0.25) is 0 Å². The molecule has 1 unspecified atom stereocenters. The van der Waals surface area contributed by atoms with E-state index in [2.05, 4.69) is 5.32 Å². The molecule has 1 aromatic carbocycles. The zero-order chi connectivity index (χ0) is 14.6. The van der Waals surface area contributed by atoms with Gasteiger partial charge in [0.1, 0.15) is 0 Å². The quantitative estimate of drug-likeness (QED) is 0.880. The average Bonchev–Trinajstić information content (AvgIpc) is 2.36. The number of nitrogens with two attached hydrogens (primary N) is 1. The SMILES string of the molecule is CCC(C)N(C)C(=O)Nc1ccc(S(N)(=O)=O)cc1. The van der Waals surface area contributed by atoms with E-state index in [0.29, 0.717) is 5.69 Å². The van der Waals surface area contributed by atoms with Crippen LogP contribution in [0, 0.1) is 0 Å². The monoisotopic (exact) mass is 285 g/mol. The van der Waals surface area contributed by atoms with Gasteiger partial charge in [-0.2, -0.15) is 0 Å². The normalized spacial score (nSPS) is 12.8. The van der Waals surface area contributed by atoms with Gasteiger partial charge in [-0.05, 0) is 37.6 Å². The predicted molar refractivity (Wildman–Crippen MR) is 74.3 cm³/mol. The van der Waals surface area contributed by atoms with Gasteiger partial charge in [-0.25, -0.2) is 18.4 Å². The van der Waals surface area contributed by atoms with Crippen LogP contribution >= 0.6 is 0 Å². The molecule has 0 radical (unpaired) electrons. The molecule has 7 heteroatoms. The first-order chi connectivity index (χ1) is 8.75. The molecule has 0 fully saturated rings. The number of nitrogens with zero attached hydrogens (tertiary/aromatic N) is 1. The number of hydrogen-bond acceptors (Lipinski definition) is 3. The second-order valence-corrected chi connectivity index (χ2v) is 5.93. The Balaban J connectivity index is 2.76. The van der Waals surface area contributed by atoms with Gasteiger partial charge in [-0.15, -0.1) is 0 Å². The largest absolute Gasteiger partial charge is 0.325 e. The van der Waals surface area contributed by atoms with Crippen molar-refractivity contribution in [1.29, 1.82) is 0 Å². The van der Waals surface area contributed by atoms with E-state index in [9.17, 15) is 13.2 Å². The van der Waals surface area contributed by atoms with Crippen molar-refractivity contribution < 1.29 is 13.2 Å². The number of primary sulfonamides is 1. The maximum atomic E-state index is 11.9. The van der Waals surface area contributed by atoms with E-state index in [0.717, 1.165) is 6.42 Å². The number of carbonyl (C=O) groups is 1. The van der Waals surface area contributed by atoms with Gasteiger partial charge in [0.05, 0.1) is 4.90 Å². The van der Waals surface area contributed by atoms with Gasteiger partial charge in [-0.3, -0.25) is 0 Å². The van der Waals surface area contributed by atoms with E-state index < -0.39 is 10.0 Å². The molecule has 2 amide bonds. The number of sulfonamides is 1. The van der Waals surface area contributed by atoms with Gasteiger partial charge < -0.3 is 10.2 Å². The fourth-order valence-corrected chi connectivity index (χ4v) is 1.93. The minimum Gasteiger partial charge on any atom is -0.325 e. The molecule has 0 saturated carbocycles. The van der Waals surface area contributed by atoms with Crippen LogP contribution in [0.4, 0.5) is 10.5 Å². The van der Waals surface area contributed by atoms with E-state index in [1.54, 1.807) is 11.9 Å². The van der Waals surface area contributed by atoms with E-state index >= 15 is 0 Å². The van der Waals surface area contributed by atoms with Crippen LogP contribution in [0.25, 0.3) is 0 Å². The van der Waals surface area contributed by atoms with Crippen LogP contribution in [0.5, 0.6) is 0 Å². The summed E-state index contributed by atoms with van der Waals surface area (Å²) in [6, 6.07) is 5.61. The molecule has 3 N–H and O–H groups in total. The average molecular weight is 285 g/mol. The standard InChI is InChI=1S/C12H19N3O3S/c1-4-9(2)15(3)12(16)14-10-5-7-11(8-6-10)19(13,17)18/h5-9H,4H2,1-3H3,(H,14,16)(H2,13,17,18). The molecule has 0 saturated heterocycles. The van der Waals surface area contributed by atoms with Gasteiger partial charge in [0.25, 0.3) is 0 Å². The first kappa shape index (κ1) is 15.5. The van der Waals surface area contributed by atoms with E-state index in [-0.39, 0.29) is 17.0 Å². The minimum atomic E-state index is -3.70. The Hall–Kier alpha value is -1.60. The second kappa shape index (κ2) is 6.03. The first-order valence-corrected chi connectivity index (χ1v) is 7.47. The minimum absolute atomic E-state index is 0.0146. The number of carbonyl (C=O) groups excluding carboxylic acids is 1. The summed E-state index contributed by atoms with van der Waals surface area (Å²) in [7, 11) is -1.99. The Morgan fingerprint density at radius 2 is 1.89 bits per heavy atom. The van der Waals surface area contributed by atoms with Crippen molar-refractivity contribution in [2.45, 2.75) is 31.2 Å². The fraction of sp³-hybridized carbons (Fsp3) is 0.417. The van der Waals surface area contributed by atoms with E-state index in [4.69, 9.17) is 5.14 Å². The van der Waals surface area contributed by atoms with Crippen LogP contribution < -0.4 is 10.5 Å². The maximum absolute atomic E-state index is 11.9. The summed E-state index contributed by atoms with van der Waals surface area (Å²) in [6.45, 7) is 3.94. The molecule has 1 aromatic rings. The zero-order valence-electron chi connectivity index (χ0n) is 11.3. The highest BCUT2D eigenvalue weighted by Gasteiger charge is 2.14. The molecule has 0 aliphatic rings. The zero-order valence-corrected chi connectivity index (χ0v) is 12.1. The highest BCUT2D eigenvalue weighted by Crippen LogP contribution is 2.13. The van der Waals surface area contributed by atoms with E-state index in [1.807, 2.05) is 13.8 Å². The van der Waals surface area contributed by atoms with Crippen molar-refractivity contribution >= 4 is 21.7 Å². The predicted octanol–water partition coefficient (Wildman–Crippen LogP) is 1.60. The molecule has 0 bridgehead atoms. The summed E-state index contributed by atoms with van der Waals surface area (Å²) < 4.78 is 22.2. The highest BCUT2D eigenvalue weighted by atomic mass is 32.2. The number of urea groups is 1. The smallest absolute Gasteiger partial charge is 0.321 e. The van der Waals surface area contributed by atoms with Crippen molar-refractivity contribution in [2.24, 2.45) is 5.14 Å². The van der Waals surface area contributed by atoms with Crippen molar-refractivity contribution in [3.05, 3.63) is 24.3 Å². The lowest BCUT2D eigenvalue weighted by Crippen LogP contribution is -2.37. The Labute approximate surface area is 113 Å². The number of rotatable bonds is 4. The Bertz CT molecular complexity index is 540. The molecule has 1 atom stereocenters. The summed E-state index contributed by atoms with van der Waals surface area (Å²) in [4.78, 5) is 13.5. The lowest BCUT2D eigenvalue weighted by Gasteiger charge is -2.24. The van der Waals surface area contributed by atoms with Gasteiger partial charge in [-0.1, -0.05) is 6.92 Å². The van der Waals surface area contributed by atoms with Gasteiger partial charge in [0.2, 0.25) is 10.0 Å². The molecule has 0 spiro atoms. The Morgan fingerprint density at radius 3 is 2.32 bits per heavy atom. The van der Waals surface area contributed by atoms with Crippen LogP contribution in [0.3, 0.4) is 0 Å². The van der Waals surface area contributed by atoms with Crippen molar-refractivity contribution in [3.8, 4) is 0 Å². The number of benzene rings is 1. The fourth-order valence-electron chi connectivity index (χ4n) is 1.41. The lowest BCUT2D eigenvalue weighted by atomic mass is 10.2. The van der Waals surface area contributed by atoms with Gasteiger partial charge >= 0.3 is 6.03 Å². The third kappa shape index (κ3) is 4.22. The summed E-state index contributed by atoms with van der Waals surface area (Å²) in [6.07, 6.45) is 0.855. The first-order valence-electron chi connectivity index (χ1n) is 5.92. The van der Waals surface area contributed by atoms with Crippen LogP contribution in [0.15, 0.2) is 29.2 Å². The Kier molecular flexibility index (Phi) is 4.90. The highest BCUT2D eigenvalue weighted by molar-refractivity contribution is 7.89. The molecule has 6 nitrogen and oxygen atoms in total. The lowest BCUT2D eigenvalue weighted by molar-refractivity contribution is 0.206. The molecule has 19 heavy (non-hydrogen) atoms. The Morgan fingerprint density at radius 1 is 1.37 bits per heavy atom. The molecule has 1 rings (SSSR count). The van der Waals surface area contributed by atoms with Gasteiger partial charge in [0, 0.05) is 18.8 Å². The number of hydrogen-bond donors (Lipinski definition) is 2. The van der Waals surface area contributed by atoms with Gasteiger partial charge in [0.15, 0.2) is 0 Å². The molecule has 0 aliphatic heterocycles. The number of amides is 2. The number of anilines is 1. The second-order valence-electron chi connectivity index (χ2n) is 4.37. The summed E-state index contributed by atoms with van der Waals surface area (Å²) >= 11 is 0. The molecule has 0 heterocycles. The van der Waals surface area contributed by atoms with Crippen molar-refractivity contribution in [2.75, 3.05) is 12.4 Å². The van der Waals surface area contributed by atoms with Crippen molar-refractivity contribution in [1.82, 2.24) is 4.90 Å². The van der Waals surface area contributed by atoms with Crippen molar-refractivity contribution in [3.63, 3.8) is 0 Å². The molecule has 106 valence electrons. The maximum Gasteiger partial charge on any atom is 0.321 e. The van der Waals surface area contributed by atoms with Crippen LogP contribution in [-0.2, 0) is 10.0 Å².